The zero-order chi connectivity index (χ0) is 10.8. The molecule has 0 aliphatic rings. The molecular formula is C10H10F2N2. The first-order valence-electron chi connectivity index (χ1n) is 4.08. The predicted octanol–water partition coefficient (Wildman–Crippen LogP) is 2.05. The van der Waals surface area contributed by atoms with Crippen molar-refractivity contribution in [2.24, 2.45) is 5.73 Å². The molecule has 1 atom stereocenters. The number of nitrogens with zero attached hydrogens (tertiary/aromatic N) is 1. The summed E-state index contributed by atoms with van der Waals surface area (Å²) in [5.74, 6) is -1.37. The normalized spacial score (nSPS) is 14.5. The van der Waals surface area contributed by atoms with Gasteiger partial charge in [-0.2, -0.15) is 5.26 Å². The Kier molecular flexibility index (Phi) is 2.82. The number of halogens is 2. The third-order valence-corrected chi connectivity index (χ3v) is 1.97. The lowest BCUT2D eigenvalue weighted by atomic mass is 9.90. The van der Waals surface area contributed by atoms with Crippen LogP contribution in [0.5, 0.6) is 0 Å². The second-order valence-corrected chi connectivity index (χ2v) is 3.41. The van der Waals surface area contributed by atoms with Crippen molar-refractivity contribution in [2.45, 2.75) is 18.9 Å². The Bertz CT molecular complexity index is 360. The first-order valence-corrected chi connectivity index (χ1v) is 4.08. The number of nitrogens with two attached hydrogens (primary N) is 1. The summed E-state index contributed by atoms with van der Waals surface area (Å²) >= 11 is 0. The van der Waals surface area contributed by atoms with Gasteiger partial charge in [0.2, 0.25) is 0 Å². The maximum absolute atomic E-state index is 12.8. The van der Waals surface area contributed by atoms with Gasteiger partial charge in [0.05, 0.1) is 18.0 Å². The summed E-state index contributed by atoms with van der Waals surface area (Å²) in [6.07, 6.45) is 0.00981. The number of rotatable bonds is 2. The number of nitriles is 1. The number of hydrogen-bond donors (Lipinski definition) is 1. The van der Waals surface area contributed by atoms with E-state index in [2.05, 4.69) is 0 Å². The van der Waals surface area contributed by atoms with E-state index >= 15 is 0 Å². The summed E-state index contributed by atoms with van der Waals surface area (Å²) in [5.41, 5.74) is 5.00. The lowest BCUT2D eigenvalue weighted by molar-refractivity contribution is 0.492. The third kappa shape index (κ3) is 2.27. The molecule has 0 aliphatic heterocycles. The zero-order valence-electron chi connectivity index (χ0n) is 7.72. The van der Waals surface area contributed by atoms with Crippen LogP contribution >= 0.6 is 0 Å². The summed E-state index contributed by atoms with van der Waals surface area (Å²) in [6, 6.07) is 4.92. The summed E-state index contributed by atoms with van der Waals surface area (Å²) in [5, 5.41) is 8.48. The average molecular weight is 196 g/mol. The van der Waals surface area contributed by atoms with Crippen molar-refractivity contribution >= 4 is 0 Å². The Balaban J connectivity index is 3.13. The van der Waals surface area contributed by atoms with Crippen molar-refractivity contribution in [3.63, 3.8) is 0 Å². The molecule has 0 saturated heterocycles. The summed E-state index contributed by atoms with van der Waals surface area (Å²) < 4.78 is 25.6. The number of hydrogen-bond acceptors (Lipinski definition) is 2. The molecular weight excluding hydrogens is 186 g/mol. The van der Waals surface area contributed by atoms with Crippen LogP contribution < -0.4 is 5.73 Å². The Labute approximate surface area is 81.0 Å². The highest BCUT2D eigenvalue weighted by Crippen LogP contribution is 2.22. The van der Waals surface area contributed by atoms with Crippen LogP contribution in [0.25, 0.3) is 0 Å². The molecule has 1 rings (SSSR count). The summed E-state index contributed by atoms with van der Waals surface area (Å²) in [6.45, 7) is 1.56. The fourth-order valence-electron chi connectivity index (χ4n) is 1.15. The van der Waals surface area contributed by atoms with Crippen LogP contribution in [-0.2, 0) is 5.54 Å². The van der Waals surface area contributed by atoms with Crippen molar-refractivity contribution in [3.05, 3.63) is 35.4 Å². The molecule has 0 bridgehead atoms. The maximum Gasteiger partial charge on any atom is 0.126 e. The molecule has 1 unspecified atom stereocenters. The maximum atomic E-state index is 12.8. The molecule has 0 heterocycles. The van der Waals surface area contributed by atoms with E-state index in [9.17, 15) is 8.78 Å². The molecule has 0 saturated carbocycles. The predicted molar refractivity (Wildman–Crippen MR) is 48.1 cm³/mol. The molecule has 0 amide bonds. The van der Waals surface area contributed by atoms with Gasteiger partial charge in [-0.25, -0.2) is 8.78 Å². The smallest absolute Gasteiger partial charge is 0.126 e. The molecule has 4 heteroatoms. The minimum Gasteiger partial charge on any atom is -0.321 e. The SMILES string of the molecule is CC(N)(CC#N)c1cc(F)cc(F)c1. The molecule has 0 aliphatic carbocycles. The molecule has 2 N–H and O–H groups in total. The van der Waals surface area contributed by atoms with E-state index in [-0.39, 0.29) is 12.0 Å². The Hall–Kier alpha value is -1.47. The fraction of sp³-hybridized carbons (Fsp3) is 0.300. The van der Waals surface area contributed by atoms with Crippen molar-refractivity contribution in [3.8, 4) is 6.07 Å². The van der Waals surface area contributed by atoms with E-state index in [1.807, 2.05) is 6.07 Å². The third-order valence-electron chi connectivity index (χ3n) is 1.97. The Morgan fingerprint density at radius 3 is 2.29 bits per heavy atom. The second kappa shape index (κ2) is 3.72. The zero-order valence-corrected chi connectivity index (χ0v) is 7.72. The van der Waals surface area contributed by atoms with Gasteiger partial charge in [-0.1, -0.05) is 0 Å². The van der Waals surface area contributed by atoms with Crippen LogP contribution in [0.15, 0.2) is 18.2 Å². The van der Waals surface area contributed by atoms with Gasteiger partial charge in [0.1, 0.15) is 11.6 Å². The molecule has 0 spiro atoms. The minimum absolute atomic E-state index is 0.00981. The molecule has 0 radical (unpaired) electrons. The van der Waals surface area contributed by atoms with Crippen LogP contribution in [0.4, 0.5) is 8.78 Å². The fourth-order valence-corrected chi connectivity index (χ4v) is 1.15. The van der Waals surface area contributed by atoms with E-state index in [0.717, 1.165) is 18.2 Å². The molecule has 74 valence electrons. The average Bonchev–Trinajstić information content (AvgIpc) is 2.02. The second-order valence-electron chi connectivity index (χ2n) is 3.41. The minimum atomic E-state index is -1.02. The van der Waals surface area contributed by atoms with E-state index in [1.54, 1.807) is 6.92 Å². The quantitative estimate of drug-likeness (QED) is 0.786. The van der Waals surface area contributed by atoms with Crippen molar-refractivity contribution < 1.29 is 8.78 Å². The Morgan fingerprint density at radius 1 is 1.36 bits per heavy atom. The van der Waals surface area contributed by atoms with Crippen LogP contribution in [0.1, 0.15) is 18.9 Å². The molecule has 14 heavy (non-hydrogen) atoms. The molecule has 1 aromatic rings. The van der Waals surface area contributed by atoms with Gasteiger partial charge >= 0.3 is 0 Å². The molecule has 0 aromatic heterocycles. The van der Waals surface area contributed by atoms with Gasteiger partial charge < -0.3 is 5.73 Å². The highest BCUT2D eigenvalue weighted by atomic mass is 19.1. The van der Waals surface area contributed by atoms with Crippen LogP contribution in [0.3, 0.4) is 0 Å². The first-order chi connectivity index (χ1) is 6.45. The topological polar surface area (TPSA) is 49.8 Å². The first kappa shape index (κ1) is 10.6. The van der Waals surface area contributed by atoms with Gasteiger partial charge in [-0.3, -0.25) is 0 Å². The highest BCUT2D eigenvalue weighted by molar-refractivity contribution is 5.26. The lowest BCUT2D eigenvalue weighted by Gasteiger charge is -2.21. The van der Waals surface area contributed by atoms with Crippen molar-refractivity contribution in [1.29, 1.82) is 5.26 Å². The number of benzene rings is 1. The monoisotopic (exact) mass is 196 g/mol. The lowest BCUT2D eigenvalue weighted by Crippen LogP contribution is -2.32. The summed E-state index contributed by atoms with van der Waals surface area (Å²) in [4.78, 5) is 0. The largest absolute Gasteiger partial charge is 0.321 e. The van der Waals surface area contributed by atoms with Crippen LogP contribution in [0.2, 0.25) is 0 Å². The van der Waals surface area contributed by atoms with Crippen molar-refractivity contribution in [1.82, 2.24) is 0 Å². The van der Waals surface area contributed by atoms with E-state index in [1.165, 1.54) is 0 Å². The Morgan fingerprint density at radius 2 is 1.86 bits per heavy atom. The molecule has 1 aromatic carbocycles. The van der Waals surface area contributed by atoms with Crippen molar-refractivity contribution in [2.75, 3.05) is 0 Å². The van der Waals surface area contributed by atoms with E-state index in [0.29, 0.717) is 0 Å². The van der Waals surface area contributed by atoms with Crippen LogP contribution in [0, 0.1) is 23.0 Å². The van der Waals surface area contributed by atoms with E-state index in [4.69, 9.17) is 11.0 Å². The van der Waals surface area contributed by atoms with E-state index < -0.39 is 17.2 Å². The van der Waals surface area contributed by atoms with Gasteiger partial charge in [0, 0.05) is 6.07 Å². The highest BCUT2D eigenvalue weighted by Gasteiger charge is 2.22. The molecule has 0 fully saturated rings. The van der Waals surface area contributed by atoms with Gasteiger partial charge in [-0.15, -0.1) is 0 Å². The standard InChI is InChI=1S/C10H10F2N2/c1-10(14,2-3-13)7-4-8(11)6-9(12)5-7/h4-6H,2,14H2,1H3. The van der Waals surface area contributed by atoms with Gasteiger partial charge in [0.25, 0.3) is 0 Å². The summed E-state index contributed by atoms with van der Waals surface area (Å²) in [7, 11) is 0. The van der Waals surface area contributed by atoms with Crippen LogP contribution in [-0.4, -0.2) is 0 Å². The molecule has 2 nitrogen and oxygen atoms in total. The van der Waals surface area contributed by atoms with Gasteiger partial charge in [0.15, 0.2) is 0 Å². The van der Waals surface area contributed by atoms with Gasteiger partial charge in [-0.05, 0) is 24.6 Å².